The molecule has 0 saturated heterocycles. The summed E-state index contributed by atoms with van der Waals surface area (Å²) >= 11 is 0. The molecule has 1 aromatic rings. The van der Waals surface area contributed by atoms with E-state index in [0.717, 1.165) is 18.9 Å². The number of hydrogen-bond acceptors (Lipinski definition) is 4. The molecule has 18 heavy (non-hydrogen) atoms. The van der Waals surface area contributed by atoms with Crippen LogP contribution in [0, 0.1) is 5.41 Å². The number of nitrogens with one attached hydrogen (secondary N) is 1. The van der Waals surface area contributed by atoms with Crippen molar-refractivity contribution in [2.75, 3.05) is 6.54 Å². The van der Waals surface area contributed by atoms with Crippen LogP contribution in [0.1, 0.15) is 53.7 Å². The summed E-state index contributed by atoms with van der Waals surface area (Å²) in [6.45, 7) is 2.73. The lowest BCUT2D eigenvalue weighted by Crippen LogP contribution is -2.34. The summed E-state index contributed by atoms with van der Waals surface area (Å²) in [5, 5.41) is 14.9. The van der Waals surface area contributed by atoms with Gasteiger partial charge < -0.3 is 14.9 Å². The average molecular weight is 252 g/mol. The summed E-state index contributed by atoms with van der Waals surface area (Å²) in [7, 11) is 0. The first kappa shape index (κ1) is 12.6. The van der Waals surface area contributed by atoms with Crippen LogP contribution in [-0.4, -0.2) is 28.7 Å². The van der Waals surface area contributed by atoms with Crippen molar-refractivity contribution in [2.24, 2.45) is 5.41 Å². The first-order valence-electron chi connectivity index (χ1n) is 5.98. The smallest absolute Gasteiger partial charge is 0.374 e. The van der Waals surface area contributed by atoms with Crippen LogP contribution in [0.15, 0.2) is 10.6 Å². The molecular formula is C12H16N2O4. The summed E-state index contributed by atoms with van der Waals surface area (Å²) in [5.74, 6) is -1.95. The fraction of sp³-hybridized carbons (Fsp3) is 0.583. The minimum atomic E-state index is -1.23. The van der Waals surface area contributed by atoms with Crippen LogP contribution < -0.4 is 5.32 Å². The molecule has 0 unspecified atom stereocenters. The predicted molar refractivity (Wildman–Crippen MR) is 62.4 cm³/mol. The van der Waals surface area contributed by atoms with Crippen LogP contribution in [0.5, 0.6) is 0 Å². The molecule has 0 aromatic carbocycles. The van der Waals surface area contributed by atoms with Crippen LogP contribution in [0.2, 0.25) is 0 Å². The monoisotopic (exact) mass is 252 g/mol. The Labute approximate surface area is 104 Å². The first-order valence-corrected chi connectivity index (χ1v) is 5.98. The second-order valence-corrected chi connectivity index (χ2v) is 5.08. The van der Waals surface area contributed by atoms with Crippen LogP contribution in [-0.2, 0) is 0 Å². The fourth-order valence-electron chi connectivity index (χ4n) is 2.27. The highest BCUT2D eigenvalue weighted by Gasteiger charge is 2.29. The van der Waals surface area contributed by atoms with Gasteiger partial charge in [0.2, 0.25) is 5.76 Å². The summed E-state index contributed by atoms with van der Waals surface area (Å²) in [5.41, 5.74) is 0.156. The van der Waals surface area contributed by atoms with Crippen molar-refractivity contribution in [1.82, 2.24) is 10.5 Å². The van der Waals surface area contributed by atoms with Gasteiger partial charge in [0.05, 0.1) is 0 Å². The highest BCUT2D eigenvalue weighted by atomic mass is 16.5. The van der Waals surface area contributed by atoms with E-state index in [1.807, 2.05) is 0 Å². The molecule has 1 amide bonds. The molecule has 0 aliphatic heterocycles. The third kappa shape index (κ3) is 2.69. The quantitative estimate of drug-likeness (QED) is 0.850. The Bertz CT molecular complexity index is 460. The van der Waals surface area contributed by atoms with Gasteiger partial charge in [-0.2, -0.15) is 0 Å². The van der Waals surface area contributed by atoms with Crippen LogP contribution >= 0.6 is 0 Å². The minimum Gasteiger partial charge on any atom is -0.475 e. The SMILES string of the molecule is CC1(CNC(=O)c2cc(C(=O)O)on2)CCCC1. The maximum absolute atomic E-state index is 11.8. The Morgan fingerprint density at radius 3 is 2.72 bits per heavy atom. The van der Waals surface area contributed by atoms with Crippen LogP contribution in [0.3, 0.4) is 0 Å². The van der Waals surface area contributed by atoms with Gasteiger partial charge in [-0.3, -0.25) is 4.79 Å². The third-order valence-corrected chi connectivity index (χ3v) is 3.44. The molecule has 0 atom stereocenters. The van der Waals surface area contributed by atoms with Gasteiger partial charge in [0.1, 0.15) is 0 Å². The third-order valence-electron chi connectivity index (χ3n) is 3.44. The van der Waals surface area contributed by atoms with E-state index in [0.29, 0.717) is 6.54 Å². The van der Waals surface area contributed by atoms with Crippen molar-refractivity contribution >= 4 is 11.9 Å². The second-order valence-electron chi connectivity index (χ2n) is 5.08. The summed E-state index contributed by atoms with van der Waals surface area (Å²) in [6, 6.07) is 1.13. The first-order chi connectivity index (χ1) is 8.50. The van der Waals surface area contributed by atoms with E-state index >= 15 is 0 Å². The number of carbonyl (C=O) groups is 2. The molecule has 1 saturated carbocycles. The predicted octanol–water partition coefficient (Wildman–Crippen LogP) is 1.68. The lowest BCUT2D eigenvalue weighted by Gasteiger charge is -2.23. The van der Waals surface area contributed by atoms with Crippen LogP contribution in [0.25, 0.3) is 0 Å². The summed E-state index contributed by atoms with van der Waals surface area (Å²) in [4.78, 5) is 22.3. The summed E-state index contributed by atoms with van der Waals surface area (Å²) in [6.07, 6.45) is 4.60. The molecule has 2 rings (SSSR count). The van der Waals surface area contributed by atoms with Gasteiger partial charge in [-0.15, -0.1) is 0 Å². The lowest BCUT2D eigenvalue weighted by atomic mass is 9.89. The molecule has 98 valence electrons. The van der Waals surface area contributed by atoms with E-state index in [4.69, 9.17) is 5.11 Å². The number of nitrogens with zero attached hydrogens (tertiary/aromatic N) is 1. The van der Waals surface area contributed by atoms with Gasteiger partial charge in [-0.05, 0) is 18.3 Å². The fourth-order valence-corrected chi connectivity index (χ4v) is 2.27. The Kier molecular flexibility index (Phi) is 3.36. The van der Waals surface area contributed by atoms with Gasteiger partial charge in [0.15, 0.2) is 5.69 Å². The van der Waals surface area contributed by atoms with Crippen molar-refractivity contribution in [1.29, 1.82) is 0 Å². The Morgan fingerprint density at radius 1 is 1.50 bits per heavy atom. The molecular weight excluding hydrogens is 236 g/mol. The normalized spacial score (nSPS) is 17.6. The Hall–Kier alpha value is -1.85. The zero-order valence-corrected chi connectivity index (χ0v) is 10.2. The maximum Gasteiger partial charge on any atom is 0.374 e. The van der Waals surface area contributed by atoms with Gasteiger partial charge in [-0.25, -0.2) is 4.79 Å². The standard InChI is InChI=1S/C12H16N2O4/c1-12(4-2-3-5-12)7-13-10(15)8-6-9(11(16)17)18-14-8/h6H,2-5,7H2,1H3,(H,13,15)(H,16,17). The second kappa shape index (κ2) is 4.80. The topological polar surface area (TPSA) is 92.4 Å². The number of hydrogen-bond donors (Lipinski definition) is 2. The van der Waals surface area contributed by atoms with Gasteiger partial charge in [0.25, 0.3) is 5.91 Å². The zero-order valence-electron chi connectivity index (χ0n) is 10.2. The van der Waals surface area contributed by atoms with Gasteiger partial charge in [0, 0.05) is 12.6 Å². The molecule has 6 heteroatoms. The molecule has 0 spiro atoms. The zero-order chi connectivity index (χ0) is 13.2. The van der Waals surface area contributed by atoms with Crippen molar-refractivity contribution in [3.8, 4) is 0 Å². The summed E-state index contributed by atoms with van der Waals surface area (Å²) < 4.78 is 4.53. The maximum atomic E-state index is 11.8. The Balaban J connectivity index is 1.93. The molecule has 6 nitrogen and oxygen atoms in total. The number of aromatic carboxylic acids is 1. The van der Waals surface area contributed by atoms with E-state index < -0.39 is 5.97 Å². The molecule has 1 fully saturated rings. The van der Waals surface area contributed by atoms with Crippen molar-refractivity contribution in [3.63, 3.8) is 0 Å². The van der Waals surface area contributed by atoms with Gasteiger partial charge in [-0.1, -0.05) is 24.9 Å². The van der Waals surface area contributed by atoms with Gasteiger partial charge >= 0.3 is 5.97 Å². The minimum absolute atomic E-state index is 0.00833. The molecule has 1 aliphatic carbocycles. The number of carboxylic acids is 1. The van der Waals surface area contributed by atoms with E-state index in [-0.39, 0.29) is 22.8 Å². The number of carbonyl (C=O) groups excluding carboxylic acids is 1. The molecule has 1 heterocycles. The number of carboxylic acid groups (broad SMARTS) is 1. The Morgan fingerprint density at radius 2 is 2.17 bits per heavy atom. The average Bonchev–Trinajstić information content (AvgIpc) is 2.95. The number of amides is 1. The highest BCUT2D eigenvalue weighted by molar-refractivity contribution is 5.94. The van der Waals surface area contributed by atoms with E-state index in [1.54, 1.807) is 0 Å². The molecule has 1 aliphatic rings. The van der Waals surface area contributed by atoms with Crippen molar-refractivity contribution in [3.05, 3.63) is 17.5 Å². The highest BCUT2D eigenvalue weighted by Crippen LogP contribution is 2.36. The molecule has 1 aromatic heterocycles. The van der Waals surface area contributed by atoms with E-state index in [9.17, 15) is 9.59 Å². The van der Waals surface area contributed by atoms with Crippen molar-refractivity contribution in [2.45, 2.75) is 32.6 Å². The molecule has 2 N–H and O–H groups in total. The van der Waals surface area contributed by atoms with E-state index in [2.05, 4.69) is 21.9 Å². The van der Waals surface area contributed by atoms with E-state index in [1.165, 1.54) is 12.8 Å². The van der Waals surface area contributed by atoms with Crippen LogP contribution in [0.4, 0.5) is 0 Å². The lowest BCUT2D eigenvalue weighted by molar-refractivity contribution is 0.0651. The largest absolute Gasteiger partial charge is 0.475 e. The number of rotatable bonds is 4. The number of aromatic nitrogens is 1. The molecule has 0 radical (unpaired) electrons. The van der Waals surface area contributed by atoms with Crippen molar-refractivity contribution < 1.29 is 19.2 Å². The molecule has 0 bridgehead atoms.